The van der Waals surface area contributed by atoms with Crippen molar-refractivity contribution in [2.24, 2.45) is 5.41 Å². The monoisotopic (exact) mass is 413 g/mol. The average Bonchev–Trinajstić information content (AvgIpc) is 3.19. The second-order valence-corrected chi connectivity index (χ2v) is 15.3. The Bertz CT molecular complexity index is 1020. The highest BCUT2D eigenvalue weighted by Gasteiger charge is 2.28. The number of Topliss-reactive ketones (excluding diaryl/α,β-unsaturated/α-hetero) is 1. The number of hydrogen-bond acceptors (Lipinski definition) is 5. The maximum atomic E-state index is 13.1. The smallest absolute Gasteiger partial charge is 0.171 e. The molecule has 29 heavy (non-hydrogen) atoms. The topological polar surface area (TPSA) is 74.8 Å². The Morgan fingerprint density at radius 2 is 1.93 bits per heavy atom. The zero-order valence-corrected chi connectivity index (χ0v) is 19.5. The van der Waals surface area contributed by atoms with Crippen LogP contribution < -0.4 is 0 Å². The summed E-state index contributed by atoms with van der Waals surface area (Å²) in [7, 11) is -1.16. The second-order valence-electron chi connectivity index (χ2n) is 9.68. The second kappa shape index (κ2) is 7.83. The summed E-state index contributed by atoms with van der Waals surface area (Å²) in [5.41, 5.74) is 1.32. The van der Waals surface area contributed by atoms with Gasteiger partial charge in [0.2, 0.25) is 0 Å². The molecule has 3 rings (SSSR count). The highest BCUT2D eigenvalue weighted by molar-refractivity contribution is 6.76. The fourth-order valence-electron chi connectivity index (χ4n) is 2.99. The average molecular weight is 414 g/mol. The minimum atomic E-state index is -1.16. The lowest BCUT2D eigenvalue weighted by Gasteiger charge is -2.16. The largest absolute Gasteiger partial charge is 0.361 e. The van der Waals surface area contributed by atoms with Gasteiger partial charge >= 0.3 is 0 Å². The Morgan fingerprint density at radius 3 is 2.52 bits per heavy atom. The first-order valence-electron chi connectivity index (χ1n) is 9.96. The van der Waals surface area contributed by atoms with Crippen LogP contribution in [0.1, 0.15) is 37.0 Å². The number of fused-ring (bicyclic) bond motifs is 1. The molecule has 156 valence electrons. The Labute approximate surface area is 173 Å². The molecular formula is C21H31N5O2Si. The van der Waals surface area contributed by atoms with Crippen molar-refractivity contribution in [1.82, 2.24) is 24.1 Å². The fraction of sp³-hybridized carbons (Fsp3) is 0.524. The van der Waals surface area contributed by atoms with Crippen molar-refractivity contribution in [3.63, 3.8) is 0 Å². The van der Waals surface area contributed by atoms with Crippen molar-refractivity contribution in [2.75, 3.05) is 6.61 Å². The summed E-state index contributed by atoms with van der Waals surface area (Å²) in [6.45, 7) is 15.7. The molecule has 0 spiro atoms. The lowest BCUT2D eigenvalue weighted by molar-refractivity contribution is 0.0849. The molecule has 0 aliphatic carbocycles. The number of imidazole rings is 1. The minimum Gasteiger partial charge on any atom is -0.361 e. The molecular weight excluding hydrogens is 382 g/mol. The van der Waals surface area contributed by atoms with E-state index in [9.17, 15) is 4.79 Å². The van der Waals surface area contributed by atoms with Crippen molar-refractivity contribution in [1.29, 1.82) is 0 Å². The van der Waals surface area contributed by atoms with Crippen LogP contribution in [-0.4, -0.2) is 44.6 Å². The van der Waals surface area contributed by atoms with Crippen LogP contribution in [0.5, 0.6) is 0 Å². The molecule has 0 aromatic carbocycles. The maximum Gasteiger partial charge on any atom is 0.171 e. The van der Waals surface area contributed by atoms with E-state index in [2.05, 4.69) is 29.6 Å². The molecule has 8 heteroatoms. The molecule has 0 unspecified atom stereocenters. The summed E-state index contributed by atoms with van der Waals surface area (Å²) in [4.78, 5) is 26.7. The van der Waals surface area contributed by atoms with Gasteiger partial charge in [-0.3, -0.25) is 9.36 Å². The molecule has 0 aliphatic heterocycles. The zero-order chi connectivity index (χ0) is 21.4. The quantitative estimate of drug-likeness (QED) is 0.325. The van der Waals surface area contributed by atoms with Gasteiger partial charge < -0.3 is 9.30 Å². The standard InChI is InChI=1S/C21H31N5O2Si/c1-15-22-8-9-26(15)17-12-23-20-18(24-17)16(19(27)21(2,3)4)13-25(20)14-28-10-11-29(5,6)7/h8-9,12-13H,10-11,14H2,1-7H3. The lowest BCUT2D eigenvalue weighted by Crippen LogP contribution is -2.22. The summed E-state index contributed by atoms with van der Waals surface area (Å²) in [6, 6.07) is 1.09. The molecule has 0 fully saturated rings. The van der Waals surface area contributed by atoms with Crippen LogP contribution in [0.4, 0.5) is 0 Å². The van der Waals surface area contributed by atoms with Crippen LogP contribution >= 0.6 is 0 Å². The van der Waals surface area contributed by atoms with E-state index in [0.717, 1.165) is 11.9 Å². The summed E-state index contributed by atoms with van der Waals surface area (Å²) >= 11 is 0. The third-order valence-corrected chi connectivity index (χ3v) is 6.48. The van der Waals surface area contributed by atoms with Crippen LogP contribution in [0.2, 0.25) is 25.7 Å². The molecule has 0 saturated carbocycles. The van der Waals surface area contributed by atoms with Gasteiger partial charge in [-0.1, -0.05) is 40.4 Å². The molecule has 0 aliphatic rings. The van der Waals surface area contributed by atoms with Crippen LogP contribution in [-0.2, 0) is 11.5 Å². The number of nitrogens with zero attached hydrogens (tertiary/aromatic N) is 5. The summed E-state index contributed by atoms with van der Waals surface area (Å²) in [5, 5.41) is 0. The normalized spacial score (nSPS) is 12.7. The summed E-state index contributed by atoms with van der Waals surface area (Å²) in [5.74, 6) is 1.50. The Kier molecular flexibility index (Phi) is 5.78. The number of aromatic nitrogens is 5. The van der Waals surface area contributed by atoms with E-state index in [0.29, 0.717) is 35.9 Å². The molecule has 3 heterocycles. The predicted octanol–water partition coefficient (Wildman–Crippen LogP) is 4.47. The van der Waals surface area contributed by atoms with E-state index in [1.807, 2.05) is 49.2 Å². The van der Waals surface area contributed by atoms with Crippen molar-refractivity contribution in [2.45, 2.75) is 60.1 Å². The van der Waals surface area contributed by atoms with Gasteiger partial charge in [-0.15, -0.1) is 0 Å². The number of carbonyl (C=O) groups is 1. The van der Waals surface area contributed by atoms with Crippen molar-refractivity contribution < 1.29 is 9.53 Å². The molecule has 3 aromatic rings. The molecule has 0 radical (unpaired) electrons. The molecule has 3 aromatic heterocycles. The van der Waals surface area contributed by atoms with Gasteiger partial charge in [0, 0.05) is 38.7 Å². The number of aryl methyl sites for hydroxylation is 1. The van der Waals surface area contributed by atoms with Crippen LogP contribution in [0.3, 0.4) is 0 Å². The van der Waals surface area contributed by atoms with Crippen LogP contribution in [0, 0.1) is 12.3 Å². The molecule has 7 nitrogen and oxygen atoms in total. The van der Waals surface area contributed by atoms with E-state index in [1.54, 1.807) is 12.4 Å². The van der Waals surface area contributed by atoms with Gasteiger partial charge in [0.1, 0.15) is 18.1 Å². The van der Waals surface area contributed by atoms with Gasteiger partial charge in [0.15, 0.2) is 17.2 Å². The van der Waals surface area contributed by atoms with E-state index in [4.69, 9.17) is 9.72 Å². The number of carbonyl (C=O) groups excluding carboxylic acids is 1. The van der Waals surface area contributed by atoms with Crippen molar-refractivity contribution in [3.05, 3.63) is 36.2 Å². The molecule has 0 N–H and O–H groups in total. The van der Waals surface area contributed by atoms with E-state index in [-0.39, 0.29) is 5.78 Å². The van der Waals surface area contributed by atoms with Gasteiger partial charge in [-0.25, -0.2) is 15.0 Å². The third-order valence-electron chi connectivity index (χ3n) is 4.78. The molecule has 0 bridgehead atoms. The van der Waals surface area contributed by atoms with Gasteiger partial charge in [0.05, 0.1) is 11.8 Å². The van der Waals surface area contributed by atoms with Gasteiger partial charge in [0.25, 0.3) is 0 Å². The molecule has 0 atom stereocenters. The van der Waals surface area contributed by atoms with Crippen LogP contribution in [0.15, 0.2) is 24.8 Å². The van der Waals surface area contributed by atoms with E-state index >= 15 is 0 Å². The number of ketones is 1. The Balaban J connectivity index is 1.99. The molecule has 0 saturated heterocycles. The van der Waals surface area contributed by atoms with Crippen molar-refractivity contribution >= 4 is 25.0 Å². The van der Waals surface area contributed by atoms with E-state index < -0.39 is 13.5 Å². The third kappa shape index (κ3) is 4.81. The first-order valence-corrected chi connectivity index (χ1v) is 13.7. The maximum absolute atomic E-state index is 13.1. The first kappa shape index (κ1) is 21.4. The highest BCUT2D eigenvalue weighted by Crippen LogP contribution is 2.27. The SMILES string of the molecule is Cc1nccn1-c1cnc2c(n1)c(C(=O)C(C)(C)C)cn2COCC[Si](C)(C)C. The highest BCUT2D eigenvalue weighted by atomic mass is 28.3. The number of ether oxygens (including phenoxy) is 1. The predicted molar refractivity (Wildman–Crippen MR) is 117 cm³/mol. The lowest BCUT2D eigenvalue weighted by atomic mass is 9.87. The minimum absolute atomic E-state index is 0.0390. The Hall–Kier alpha value is -2.32. The van der Waals surface area contributed by atoms with E-state index in [1.165, 1.54) is 0 Å². The molecule has 0 amide bonds. The number of rotatable bonds is 7. The van der Waals surface area contributed by atoms with Crippen LogP contribution in [0.25, 0.3) is 17.0 Å². The van der Waals surface area contributed by atoms with Gasteiger partial charge in [-0.2, -0.15) is 0 Å². The van der Waals surface area contributed by atoms with Crippen molar-refractivity contribution in [3.8, 4) is 5.82 Å². The fourth-order valence-corrected chi connectivity index (χ4v) is 3.75. The summed E-state index contributed by atoms with van der Waals surface area (Å²) in [6.07, 6.45) is 7.10. The Morgan fingerprint density at radius 1 is 1.21 bits per heavy atom. The number of hydrogen-bond donors (Lipinski definition) is 0. The van der Waals surface area contributed by atoms with Gasteiger partial charge in [-0.05, 0) is 13.0 Å². The zero-order valence-electron chi connectivity index (χ0n) is 18.5. The summed E-state index contributed by atoms with van der Waals surface area (Å²) < 4.78 is 9.65. The first-order chi connectivity index (χ1) is 13.5.